The van der Waals surface area contributed by atoms with Crippen molar-refractivity contribution in [2.24, 2.45) is 16.8 Å². The van der Waals surface area contributed by atoms with Gasteiger partial charge in [0.25, 0.3) is 0 Å². The van der Waals surface area contributed by atoms with Gasteiger partial charge in [0.2, 0.25) is 5.91 Å². The van der Waals surface area contributed by atoms with E-state index in [1.54, 1.807) is 14.1 Å². The third-order valence-electron chi connectivity index (χ3n) is 4.24. The molecule has 0 bridgehead atoms. The molecule has 7 nitrogen and oxygen atoms in total. The van der Waals surface area contributed by atoms with Gasteiger partial charge in [-0.05, 0) is 38.5 Å². The van der Waals surface area contributed by atoms with Gasteiger partial charge in [0.15, 0.2) is 5.96 Å². The summed E-state index contributed by atoms with van der Waals surface area (Å²) in [5.74, 6) is 1.05. The average molecular weight is 354 g/mol. The van der Waals surface area contributed by atoms with Crippen molar-refractivity contribution in [1.29, 1.82) is 0 Å². The molecule has 0 aromatic carbocycles. The van der Waals surface area contributed by atoms with E-state index in [1.807, 2.05) is 6.92 Å². The van der Waals surface area contributed by atoms with Crippen LogP contribution in [-0.2, 0) is 14.3 Å². The fourth-order valence-electron chi connectivity index (χ4n) is 2.67. The van der Waals surface area contributed by atoms with Crippen LogP contribution in [0.2, 0.25) is 0 Å². The van der Waals surface area contributed by atoms with E-state index < -0.39 is 0 Å². The lowest BCUT2D eigenvalue weighted by molar-refractivity contribution is -0.149. The highest BCUT2D eigenvalue weighted by atomic mass is 16.5. The molecule has 0 heterocycles. The molecule has 25 heavy (non-hydrogen) atoms. The SMILES string of the molecule is CCOC(=O)C1CCC(NC(=NCC(=O)N(C)C)NCC(C)C)CC1. The summed E-state index contributed by atoms with van der Waals surface area (Å²) in [4.78, 5) is 29.5. The first-order valence-electron chi connectivity index (χ1n) is 9.25. The number of rotatable bonds is 7. The van der Waals surface area contributed by atoms with Crippen LogP contribution in [0, 0.1) is 11.8 Å². The maximum atomic E-state index is 11.8. The summed E-state index contributed by atoms with van der Waals surface area (Å²) in [5.41, 5.74) is 0. The Labute approximate surface area is 151 Å². The van der Waals surface area contributed by atoms with E-state index in [9.17, 15) is 9.59 Å². The van der Waals surface area contributed by atoms with Crippen molar-refractivity contribution in [3.63, 3.8) is 0 Å². The van der Waals surface area contributed by atoms with Crippen molar-refractivity contribution in [3.8, 4) is 0 Å². The zero-order valence-electron chi connectivity index (χ0n) is 16.3. The molecule has 0 saturated heterocycles. The fourth-order valence-corrected chi connectivity index (χ4v) is 2.67. The lowest BCUT2D eigenvalue weighted by Crippen LogP contribution is -2.46. The number of amides is 1. The summed E-state index contributed by atoms with van der Waals surface area (Å²) in [6.45, 7) is 7.44. The van der Waals surface area contributed by atoms with Gasteiger partial charge in [0.05, 0.1) is 12.5 Å². The second-order valence-electron chi connectivity index (χ2n) is 7.17. The maximum Gasteiger partial charge on any atom is 0.308 e. The Bertz CT molecular complexity index is 455. The van der Waals surface area contributed by atoms with E-state index in [4.69, 9.17) is 4.74 Å². The minimum Gasteiger partial charge on any atom is -0.466 e. The largest absolute Gasteiger partial charge is 0.466 e. The minimum absolute atomic E-state index is 0.0114. The molecule has 0 aromatic rings. The number of ether oxygens (including phenoxy) is 1. The number of likely N-dealkylation sites (N-methyl/N-ethyl adjacent to an activating group) is 1. The lowest BCUT2D eigenvalue weighted by Gasteiger charge is -2.29. The number of hydrogen-bond acceptors (Lipinski definition) is 4. The Morgan fingerprint density at radius 1 is 1.20 bits per heavy atom. The first-order valence-corrected chi connectivity index (χ1v) is 9.25. The standard InChI is InChI=1S/C18H34N4O3/c1-6-25-17(24)14-7-9-15(10-8-14)21-18(19-11-13(2)3)20-12-16(23)22(4)5/h13-15H,6-12H2,1-5H3,(H2,19,20,21). The quantitative estimate of drug-likeness (QED) is 0.410. The molecular formula is C18H34N4O3. The Kier molecular flexibility index (Phi) is 9.31. The molecule has 2 N–H and O–H groups in total. The third-order valence-corrected chi connectivity index (χ3v) is 4.24. The van der Waals surface area contributed by atoms with Gasteiger partial charge in [-0.25, -0.2) is 4.99 Å². The molecule has 7 heteroatoms. The van der Waals surface area contributed by atoms with Crippen molar-refractivity contribution >= 4 is 17.8 Å². The Morgan fingerprint density at radius 2 is 1.84 bits per heavy atom. The summed E-state index contributed by atoms with van der Waals surface area (Å²) in [5, 5.41) is 6.70. The second-order valence-corrected chi connectivity index (χ2v) is 7.17. The van der Waals surface area contributed by atoms with Gasteiger partial charge < -0.3 is 20.3 Å². The summed E-state index contributed by atoms with van der Waals surface area (Å²) < 4.78 is 5.11. The molecule has 1 saturated carbocycles. The van der Waals surface area contributed by atoms with Gasteiger partial charge in [0, 0.05) is 26.7 Å². The van der Waals surface area contributed by atoms with E-state index in [-0.39, 0.29) is 30.4 Å². The van der Waals surface area contributed by atoms with Crippen LogP contribution in [0.4, 0.5) is 0 Å². The lowest BCUT2D eigenvalue weighted by atomic mass is 9.86. The topological polar surface area (TPSA) is 83.0 Å². The van der Waals surface area contributed by atoms with Crippen molar-refractivity contribution < 1.29 is 14.3 Å². The molecule has 0 spiro atoms. The van der Waals surface area contributed by atoms with Gasteiger partial charge in [0.1, 0.15) is 6.54 Å². The normalized spacial score (nSPS) is 21.0. The monoisotopic (exact) mass is 354 g/mol. The van der Waals surface area contributed by atoms with Crippen LogP contribution in [-0.4, -0.2) is 62.6 Å². The van der Waals surface area contributed by atoms with Crippen molar-refractivity contribution in [2.45, 2.75) is 52.5 Å². The summed E-state index contributed by atoms with van der Waals surface area (Å²) in [6.07, 6.45) is 3.44. The number of guanidine groups is 1. The van der Waals surface area contributed by atoms with Gasteiger partial charge in [-0.15, -0.1) is 0 Å². The first kappa shape index (κ1) is 21.3. The van der Waals surface area contributed by atoms with E-state index in [2.05, 4.69) is 29.5 Å². The van der Waals surface area contributed by atoms with E-state index in [0.29, 0.717) is 18.5 Å². The van der Waals surface area contributed by atoms with Gasteiger partial charge >= 0.3 is 5.97 Å². The Morgan fingerprint density at radius 3 is 2.36 bits per heavy atom. The maximum absolute atomic E-state index is 11.8. The molecule has 1 aliphatic carbocycles. The zero-order valence-corrected chi connectivity index (χ0v) is 16.3. The number of esters is 1. The Balaban J connectivity index is 2.55. The highest BCUT2D eigenvalue weighted by molar-refractivity contribution is 5.85. The highest BCUT2D eigenvalue weighted by Gasteiger charge is 2.27. The molecule has 0 aliphatic heterocycles. The predicted octanol–water partition coefficient (Wildman–Crippen LogP) is 1.39. The van der Waals surface area contributed by atoms with Crippen LogP contribution in [0.3, 0.4) is 0 Å². The third kappa shape index (κ3) is 8.23. The smallest absolute Gasteiger partial charge is 0.308 e. The molecule has 0 radical (unpaired) electrons. The van der Waals surface area contributed by atoms with Crippen LogP contribution in [0.5, 0.6) is 0 Å². The molecule has 1 aliphatic rings. The van der Waals surface area contributed by atoms with Crippen LogP contribution in [0.1, 0.15) is 46.5 Å². The zero-order chi connectivity index (χ0) is 18.8. The number of carbonyl (C=O) groups is 2. The van der Waals surface area contributed by atoms with Gasteiger partial charge in [-0.3, -0.25) is 9.59 Å². The minimum atomic E-state index is -0.0793. The summed E-state index contributed by atoms with van der Waals surface area (Å²) >= 11 is 0. The van der Waals surface area contributed by atoms with Crippen molar-refractivity contribution in [3.05, 3.63) is 0 Å². The number of nitrogens with one attached hydrogen (secondary N) is 2. The highest BCUT2D eigenvalue weighted by Crippen LogP contribution is 2.25. The number of nitrogens with zero attached hydrogens (tertiary/aromatic N) is 2. The van der Waals surface area contributed by atoms with Gasteiger partial charge in [-0.2, -0.15) is 0 Å². The fraction of sp³-hybridized carbons (Fsp3) is 0.833. The second kappa shape index (κ2) is 10.9. The number of hydrogen-bond donors (Lipinski definition) is 2. The van der Waals surface area contributed by atoms with E-state index in [1.165, 1.54) is 4.90 Å². The molecule has 0 unspecified atom stereocenters. The first-order chi connectivity index (χ1) is 11.8. The van der Waals surface area contributed by atoms with Crippen LogP contribution < -0.4 is 10.6 Å². The van der Waals surface area contributed by atoms with E-state index in [0.717, 1.165) is 32.2 Å². The average Bonchev–Trinajstić information content (AvgIpc) is 2.57. The molecule has 1 amide bonds. The number of carbonyl (C=O) groups excluding carboxylic acids is 2. The van der Waals surface area contributed by atoms with Crippen LogP contribution in [0.25, 0.3) is 0 Å². The molecule has 0 atom stereocenters. The predicted molar refractivity (Wildman–Crippen MR) is 99.4 cm³/mol. The van der Waals surface area contributed by atoms with Gasteiger partial charge in [-0.1, -0.05) is 13.8 Å². The van der Waals surface area contributed by atoms with Crippen LogP contribution in [0.15, 0.2) is 4.99 Å². The molecule has 144 valence electrons. The molecule has 1 fully saturated rings. The molecular weight excluding hydrogens is 320 g/mol. The number of aliphatic imine (C=N–C) groups is 1. The summed E-state index contributed by atoms with van der Waals surface area (Å²) in [7, 11) is 3.45. The van der Waals surface area contributed by atoms with Crippen molar-refractivity contribution in [1.82, 2.24) is 15.5 Å². The Hall–Kier alpha value is -1.79. The molecule has 0 aromatic heterocycles. The van der Waals surface area contributed by atoms with Crippen molar-refractivity contribution in [2.75, 3.05) is 33.8 Å². The van der Waals surface area contributed by atoms with E-state index >= 15 is 0 Å². The van der Waals surface area contributed by atoms with Crippen LogP contribution >= 0.6 is 0 Å². The molecule has 1 rings (SSSR count). The summed E-state index contributed by atoms with van der Waals surface area (Å²) in [6, 6.07) is 0.263.